The van der Waals surface area contributed by atoms with Gasteiger partial charge in [0.05, 0.1) is 66.9 Å². The fourth-order valence-corrected chi connectivity index (χ4v) is 19.7. The Balaban J connectivity index is 0.827. The zero-order valence-corrected chi connectivity index (χ0v) is 62.0. The number of fused-ring (bicyclic) bond motifs is 21. The lowest BCUT2D eigenvalue weighted by Gasteiger charge is -2.45. The maximum absolute atomic E-state index is 2.63. The second kappa shape index (κ2) is 24.8. The summed E-state index contributed by atoms with van der Waals surface area (Å²) < 4.78 is 10.0. The van der Waals surface area contributed by atoms with Gasteiger partial charge in [0.25, 0.3) is 6.71 Å². The molecule has 0 radical (unpaired) electrons. The largest absolute Gasteiger partial charge is 0.311 e. The Labute approximate surface area is 654 Å². The van der Waals surface area contributed by atoms with Crippen LogP contribution in [0.4, 0.5) is 51.2 Å². The van der Waals surface area contributed by atoms with Gasteiger partial charge in [0.2, 0.25) is 0 Å². The van der Waals surface area contributed by atoms with E-state index in [1.807, 2.05) is 0 Å². The minimum atomic E-state index is -0.258. The van der Waals surface area contributed by atoms with Crippen LogP contribution in [0.5, 0.6) is 0 Å². The molecule has 1 atom stereocenters. The van der Waals surface area contributed by atoms with Crippen molar-refractivity contribution in [2.75, 3.05) is 19.6 Å². The first kappa shape index (κ1) is 63.5. The molecule has 5 aliphatic rings. The number of rotatable bonds is 8. The van der Waals surface area contributed by atoms with Crippen LogP contribution in [0.25, 0.3) is 116 Å². The van der Waals surface area contributed by atoms with Crippen molar-refractivity contribution in [3.63, 3.8) is 0 Å². The lowest BCUT2D eigenvalue weighted by atomic mass is 9.33. The molecule has 4 aliphatic heterocycles. The van der Waals surface area contributed by atoms with Crippen LogP contribution in [-0.2, 0) is 0 Å². The van der Waals surface area contributed by atoms with E-state index in [1.54, 1.807) is 0 Å². The fraction of sp³-hybridized carbons (Fsp3) is 0.0291. The van der Waals surface area contributed by atoms with Crippen LogP contribution < -0.4 is 41.5 Å². The Bertz CT molecular complexity index is 7410. The van der Waals surface area contributed by atoms with Gasteiger partial charge in [-0.3, -0.25) is 0 Å². The molecular weight excluding hydrogens is 1370 g/mol. The molecule has 10 heteroatoms. The van der Waals surface area contributed by atoms with Gasteiger partial charge in [-0.2, -0.15) is 0 Å². The van der Waals surface area contributed by atoms with Crippen molar-refractivity contribution in [2.24, 2.45) is 5.92 Å². The number of hydrogen-bond acceptors (Lipinski definition) is 4. The molecule has 0 saturated carbocycles. The zero-order valence-electron chi connectivity index (χ0n) is 62.0. The molecule has 19 aromatic rings. The van der Waals surface area contributed by atoms with E-state index in [1.165, 1.54) is 76.0 Å². The lowest BCUT2D eigenvalue weighted by Crippen LogP contribution is -2.61. The van der Waals surface area contributed by atoms with Crippen molar-refractivity contribution in [3.8, 4) is 17.1 Å². The van der Waals surface area contributed by atoms with Crippen molar-refractivity contribution in [2.45, 2.75) is 13.3 Å². The molecule has 15 aromatic carbocycles. The number of nitrogens with zero attached hydrogens (tertiary/aromatic N) is 8. The number of para-hydroxylation sites is 11. The second-order valence-corrected chi connectivity index (χ2v) is 30.8. The van der Waals surface area contributed by atoms with Gasteiger partial charge in [-0.05, 0) is 186 Å². The normalized spacial score (nSPS) is 16.4. The zero-order chi connectivity index (χ0) is 74.1. The van der Waals surface area contributed by atoms with E-state index < -0.39 is 0 Å². The second-order valence-electron chi connectivity index (χ2n) is 30.8. The van der Waals surface area contributed by atoms with Crippen LogP contribution in [0.15, 0.2) is 394 Å². The molecule has 1 unspecified atom stereocenters. The van der Waals surface area contributed by atoms with E-state index in [-0.39, 0.29) is 6.71 Å². The summed E-state index contributed by atoms with van der Waals surface area (Å²) in [6, 6.07) is 130. The summed E-state index contributed by atoms with van der Waals surface area (Å²) in [5.41, 5.74) is 32.7. The standard InChI is InChI=1S/C103H70B2N8/c1-66-51-53-72(54-52-66)109-92-49-27-21-43-85(92)104-65-75-55-73(112-90-47-25-19-41-78(90)82-59-80-76-39-17-23-45-88(76)107(95(80)62-97(82)112)68-31-9-3-10-32-68)56-94(109)84-61-87-100(64-99(84)106(75)67-29-7-2-8-30-67)111(71-37-15-6-16-38-71)102-58-74(57-101-103(102)105(87)86-44-22-28-50-93(86)110(101)70-35-13-5-14-36-70)113-91-48-26-20-42-79(91)83-60-81-77-40-18-24-46-89(77)108(96(81)63-98(83)113)69-33-11-4-12-34-69/h2-51,53-66,104H,52H2,1H3/b73-55+,75-65-,94-56+. The molecule has 113 heavy (non-hydrogen) atoms. The molecule has 528 valence electrons. The highest BCUT2D eigenvalue weighted by molar-refractivity contribution is 7.00. The van der Waals surface area contributed by atoms with Gasteiger partial charge < -0.3 is 37.9 Å². The summed E-state index contributed by atoms with van der Waals surface area (Å²) in [5.74, 6) is 2.87. The molecule has 0 amide bonds. The van der Waals surface area contributed by atoms with Crippen LogP contribution in [0.2, 0.25) is 0 Å². The Morgan fingerprint density at radius 1 is 0.292 bits per heavy atom. The molecule has 1 aliphatic carbocycles. The third-order valence-electron chi connectivity index (χ3n) is 24.5. The minimum absolute atomic E-state index is 0.258. The summed E-state index contributed by atoms with van der Waals surface area (Å²) in [5, 5.41) is 9.69. The molecule has 8 nitrogen and oxygen atoms in total. The first-order valence-corrected chi connectivity index (χ1v) is 39.5. The smallest absolute Gasteiger partial charge is 0.252 e. The Morgan fingerprint density at radius 3 is 1.25 bits per heavy atom. The maximum atomic E-state index is 2.63. The van der Waals surface area contributed by atoms with Crippen molar-refractivity contribution in [3.05, 3.63) is 399 Å². The molecule has 24 rings (SSSR count). The number of benzene rings is 15. The average Bonchev–Trinajstić information content (AvgIpc) is 0.961. The van der Waals surface area contributed by atoms with Gasteiger partial charge in [0.15, 0.2) is 7.28 Å². The van der Waals surface area contributed by atoms with E-state index in [9.17, 15) is 0 Å². The predicted molar refractivity (Wildman–Crippen MR) is 479 cm³/mol. The number of hydrogen-bond donors (Lipinski definition) is 0. The monoisotopic (exact) mass is 1440 g/mol. The van der Waals surface area contributed by atoms with Crippen LogP contribution in [-0.4, -0.2) is 32.3 Å². The molecule has 4 aromatic heterocycles. The fourth-order valence-electron chi connectivity index (χ4n) is 19.7. The molecule has 0 fully saturated rings. The van der Waals surface area contributed by atoms with E-state index >= 15 is 0 Å². The Morgan fingerprint density at radius 2 is 0.726 bits per heavy atom. The highest BCUT2D eigenvalue weighted by Crippen LogP contribution is 2.53. The van der Waals surface area contributed by atoms with Gasteiger partial charge in [-0.1, -0.05) is 237 Å². The van der Waals surface area contributed by atoms with E-state index in [4.69, 9.17) is 0 Å². The minimum Gasteiger partial charge on any atom is -0.311 e. The third-order valence-corrected chi connectivity index (χ3v) is 24.5. The van der Waals surface area contributed by atoms with E-state index in [0.717, 1.165) is 136 Å². The summed E-state index contributed by atoms with van der Waals surface area (Å²) in [6.45, 7) is 2.07. The van der Waals surface area contributed by atoms with Gasteiger partial charge in [0.1, 0.15) is 0 Å². The van der Waals surface area contributed by atoms with Gasteiger partial charge >= 0.3 is 0 Å². The molecule has 0 saturated heterocycles. The van der Waals surface area contributed by atoms with Crippen LogP contribution >= 0.6 is 0 Å². The Kier molecular flexibility index (Phi) is 13.9. The van der Waals surface area contributed by atoms with Crippen molar-refractivity contribution in [1.29, 1.82) is 0 Å². The molecule has 0 spiro atoms. The average molecular weight is 1440 g/mol. The highest BCUT2D eigenvalue weighted by Gasteiger charge is 2.46. The summed E-state index contributed by atoms with van der Waals surface area (Å²) in [4.78, 5) is 10.4. The van der Waals surface area contributed by atoms with Crippen molar-refractivity contribution in [1.82, 2.24) is 18.3 Å². The predicted octanol–water partition coefficient (Wildman–Crippen LogP) is 23.1. The molecular formula is C103H70B2N8. The van der Waals surface area contributed by atoms with Crippen LogP contribution in [0, 0.1) is 5.92 Å². The quantitative estimate of drug-likeness (QED) is 0.142. The van der Waals surface area contributed by atoms with E-state index in [0.29, 0.717) is 13.2 Å². The van der Waals surface area contributed by atoms with Crippen LogP contribution in [0.1, 0.15) is 18.9 Å². The van der Waals surface area contributed by atoms with E-state index in [2.05, 4.69) is 427 Å². The third kappa shape index (κ3) is 9.47. The van der Waals surface area contributed by atoms with Crippen molar-refractivity contribution >= 4 is 186 Å². The molecule has 8 heterocycles. The van der Waals surface area contributed by atoms with Crippen LogP contribution in [0.3, 0.4) is 0 Å². The summed E-state index contributed by atoms with van der Waals surface area (Å²) in [7, 11) is 0.662. The molecule has 0 N–H and O–H groups in total. The first-order valence-electron chi connectivity index (χ1n) is 39.5. The topological polar surface area (TPSA) is 32.7 Å². The highest BCUT2D eigenvalue weighted by atomic mass is 15.2. The first-order chi connectivity index (χ1) is 56.0. The number of aromatic nitrogens is 4. The van der Waals surface area contributed by atoms with Gasteiger partial charge in [-0.15, -0.1) is 0 Å². The SMILES string of the molecule is CC1C=CC(N2/C3=C/C(n4c5ccccc5c5cc6c7ccccc7n(-c7ccccc7)c6cc54)=C\C(=C\Bc4ccccc42)N(c2ccccc2)c2cc4c(cc23)B2c3ccccc3N(c3ccccc3)c3cc(-n5c6ccccc6c6cc7c8ccccc8n(-c8ccccc8)c7cc65)cc(c32)N4c2ccccc2)=CC1. The lowest BCUT2D eigenvalue weighted by molar-refractivity contribution is 0.729. The number of allylic oxidation sites excluding steroid dienone is 6. The van der Waals surface area contributed by atoms with Gasteiger partial charge in [-0.25, -0.2) is 0 Å². The maximum Gasteiger partial charge on any atom is 0.252 e. The Hall–Kier alpha value is -14.5. The number of anilines is 9. The van der Waals surface area contributed by atoms with Crippen molar-refractivity contribution < 1.29 is 0 Å². The van der Waals surface area contributed by atoms with Gasteiger partial charge in [0, 0.05) is 117 Å². The summed E-state index contributed by atoms with van der Waals surface area (Å²) >= 11 is 0. The summed E-state index contributed by atoms with van der Waals surface area (Å²) in [6.07, 6.45) is 13.2. The molecule has 2 bridgehead atoms.